The molecular weight excluding hydrogens is 336 g/mol. The van der Waals surface area contributed by atoms with Gasteiger partial charge in [0.2, 0.25) is 15.9 Å². The summed E-state index contributed by atoms with van der Waals surface area (Å²) in [6.45, 7) is 0.495. The highest BCUT2D eigenvalue weighted by Gasteiger charge is 2.30. The van der Waals surface area contributed by atoms with Crippen molar-refractivity contribution in [2.45, 2.75) is 18.9 Å². The van der Waals surface area contributed by atoms with Gasteiger partial charge in [0.05, 0.1) is 6.26 Å². The van der Waals surface area contributed by atoms with E-state index >= 15 is 0 Å². The molecule has 2 rings (SSSR count). The van der Waals surface area contributed by atoms with Crippen LogP contribution in [0.25, 0.3) is 0 Å². The van der Waals surface area contributed by atoms with Crippen molar-refractivity contribution in [2.24, 2.45) is 0 Å². The van der Waals surface area contributed by atoms with Gasteiger partial charge in [-0.25, -0.2) is 8.42 Å². The SMILES string of the molecule is CN([C@@H](C(=O)NCCCc1ccccc1)c1ccccc1)S(C)(=O)=O. The molecule has 0 aromatic heterocycles. The Labute approximate surface area is 149 Å². The number of sulfonamides is 1. The van der Waals surface area contributed by atoms with Crippen molar-refractivity contribution >= 4 is 15.9 Å². The second-order valence-electron chi connectivity index (χ2n) is 5.97. The number of carbonyl (C=O) groups excluding carboxylic acids is 1. The van der Waals surface area contributed by atoms with Crippen LogP contribution >= 0.6 is 0 Å². The highest BCUT2D eigenvalue weighted by molar-refractivity contribution is 7.88. The molecule has 1 atom stereocenters. The largest absolute Gasteiger partial charge is 0.354 e. The molecule has 0 spiro atoms. The summed E-state index contributed by atoms with van der Waals surface area (Å²) in [6.07, 6.45) is 2.75. The normalized spacial score (nSPS) is 12.8. The number of hydrogen-bond donors (Lipinski definition) is 1. The lowest BCUT2D eigenvalue weighted by molar-refractivity contribution is -0.124. The molecule has 2 aromatic rings. The summed E-state index contributed by atoms with van der Waals surface area (Å²) in [7, 11) is -2.07. The zero-order chi connectivity index (χ0) is 18.3. The van der Waals surface area contributed by atoms with E-state index < -0.39 is 16.1 Å². The third-order valence-electron chi connectivity index (χ3n) is 4.03. The molecule has 0 radical (unpaired) electrons. The van der Waals surface area contributed by atoms with Crippen LogP contribution in [0.5, 0.6) is 0 Å². The van der Waals surface area contributed by atoms with Crippen LogP contribution < -0.4 is 5.32 Å². The van der Waals surface area contributed by atoms with Gasteiger partial charge in [-0.2, -0.15) is 4.31 Å². The van der Waals surface area contributed by atoms with Crippen molar-refractivity contribution in [3.63, 3.8) is 0 Å². The minimum atomic E-state index is -3.50. The number of rotatable bonds is 8. The molecule has 5 nitrogen and oxygen atoms in total. The standard InChI is InChI=1S/C19H24N2O3S/c1-21(25(2,23)24)18(17-13-7-4-8-14-17)19(22)20-15-9-12-16-10-5-3-6-11-16/h3-8,10-11,13-14,18H,9,12,15H2,1-2H3,(H,20,22)/t18-/m1/s1. The number of likely N-dealkylation sites (N-methyl/N-ethyl adjacent to an activating group) is 1. The summed E-state index contributed by atoms with van der Waals surface area (Å²) < 4.78 is 24.9. The summed E-state index contributed by atoms with van der Waals surface area (Å²) in [5, 5.41) is 2.86. The minimum Gasteiger partial charge on any atom is -0.354 e. The van der Waals surface area contributed by atoms with Gasteiger partial charge in [0, 0.05) is 13.6 Å². The lowest BCUT2D eigenvalue weighted by atomic mass is 10.1. The van der Waals surface area contributed by atoms with Gasteiger partial charge < -0.3 is 5.32 Å². The second-order valence-corrected chi connectivity index (χ2v) is 8.01. The van der Waals surface area contributed by atoms with Gasteiger partial charge in [0.15, 0.2) is 0 Å². The van der Waals surface area contributed by atoms with Crippen molar-refractivity contribution in [2.75, 3.05) is 19.8 Å². The summed E-state index contributed by atoms with van der Waals surface area (Å²) >= 11 is 0. The van der Waals surface area contributed by atoms with E-state index in [9.17, 15) is 13.2 Å². The maximum Gasteiger partial charge on any atom is 0.242 e. The van der Waals surface area contributed by atoms with Gasteiger partial charge in [-0.15, -0.1) is 0 Å². The van der Waals surface area contributed by atoms with Gasteiger partial charge >= 0.3 is 0 Å². The molecule has 0 saturated heterocycles. The number of nitrogens with one attached hydrogen (secondary N) is 1. The van der Waals surface area contributed by atoms with E-state index in [2.05, 4.69) is 5.32 Å². The zero-order valence-corrected chi connectivity index (χ0v) is 15.4. The quantitative estimate of drug-likeness (QED) is 0.735. The molecule has 0 aliphatic carbocycles. The first kappa shape index (κ1) is 19.1. The van der Waals surface area contributed by atoms with Crippen LogP contribution in [0, 0.1) is 0 Å². The summed E-state index contributed by atoms with van der Waals surface area (Å²) in [5.74, 6) is -0.313. The highest BCUT2D eigenvalue weighted by Crippen LogP contribution is 2.21. The molecule has 25 heavy (non-hydrogen) atoms. The Morgan fingerprint density at radius 2 is 1.60 bits per heavy atom. The smallest absolute Gasteiger partial charge is 0.242 e. The molecule has 1 N–H and O–H groups in total. The average molecular weight is 360 g/mol. The molecule has 0 unspecified atom stereocenters. The fourth-order valence-electron chi connectivity index (χ4n) is 2.60. The first-order valence-electron chi connectivity index (χ1n) is 8.19. The predicted molar refractivity (Wildman–Crippen MR) is 99.6 cm³/mol. The number of nitrogens with zero attached hydrogens (tertiary/aromatic N) is 1. The first-order valence-corrected chi connectivity index (χ1v) is 10.0. The van der Waals surface area contributed by atoms with E-state index in [0.29, 0.717) is 12.1 Å². The van der Waals surface area contributed by atoms with Crippen molar-refractivity contribution < 1.29 is 13.2 Å². The fraction of sp³-hybridized carbons (Fsp3) is 0.316. The first-order chi connectivity index (χ1) is 11.9. The third kappa shape index (κ3) is 5.69. The molecule has 0 aliphatic heterocycles. The second kappa shape index (κ2) is 8.78. The van der Waals surface area contributed by atoms with Gasteiger partial charge in [-0.3, -0.25) is 4.79 Å². The van der Waals surface area contributed by atoms with E-state index in [1.807, 2.05) is 36.4 Å². The fourth-order valence-corrected chi connectivity index (χ4v) is 3.20. The monoisotopic (exact) mass is 360 g/mol. The maximum atomic E-state index is 12.6. The number of aryl methyl sites for hydroxylation is 1. The third-order valence-corrected chi connectivity index (χ3v) is 5.29. The van der Waals surface area contributed by atoms with E-state index in [-0.39, 0.29) is 5.91 Å². The summed E-state index contributed by atoms with van der Waals surface area (Å²) in [6, 6.07) is 18.1. The molecule has 0 saturated carbocycles. The molecule has 0 heterocycles. The van der Waals surface area contributed by atoms with Crippen molar-refractivity contribution in [3.8, 4) is 0 Å². The molecule has 0 fully saturated rings. The Morgan fingerprint density at radius 1 is 1.04 bits per heavy atom. The number of amides is 1. The van der Waals surface area contributed by atoms with Crippen LogP contribution in [0.4, 0.5) is 0 Å². The van der Waals surface area contributed by atoms with E-state index in [1.165, 1.54) is 12.6 Å². The molecule has 0 aliphatic rings. The molecular formula is C19H24N2O3S. The Balaban J connectivity index is 2.01. The van der Waals surface area contributed by atoms with Crippen LogP contribution in [0.15, 0.2) is 60.7 Å². The van der Waals surface area contributed by atoms with E-state index in [1.54, 1.807) is 24.3 Å². The van der Waals surface area contributed by atoms with Crippen LogP contribution in [-0.2, 0) is 21.2 Å². The van der Waals surface area contributed by atoms with Crippen LogP contribution in [-0.4, -0.2) is 38.5 Å². The average Bonchev–Trinajstić information content (AvgIpc) is 2.60. The van der Waals surface area contributed by atoms with Gasteiger partial charge in [-0.1, -0.05) is 60.7 Å². The zero-order valence-electron chi connectivity index (χ0n) is 14.6. The van der Waals surface area contributed by atoms with Gasteiger partial charge in [-0.05, 0) is 24.0 Å². The maximum absolute atomic E-state index is 12.6. The molecule has 1 amide bonds. The highest BCUT2D eigenvalue weighted by atomic mass is 32.2. The van der Waals surface area contributed by atoms with Crippen LogP contribution in [0.3, 0.4) is 0 Å². The number of benzene rings is 2. The molecule has 0 bridgehead atoms. The van der Waals surface area contributed by atoms with E-state index in [4.69, 9.17) is 0 Å². The number of carbonyl (C=O) groups is 1. The van der Waals surface area contributed by atoms with Crippen molar-refractivity contribution in [1.82, 2.24) is 9.62 Å². The lowest BCUT2D eigenvalue weighted by Gasteiger charge is -2.25. The van der Waals surface area contributed by atoms with Gasteiger partial charge in [0.1, 0.15) is 6.04 Å². The van der Waals surface area contributed by atoms with Crippen molar-refractivity contribution in [3.05, 3.63) is 71.8 Å². The molecule has 2 aromatic carbocycles. The summed E-state index contributed by atoms with van der Waals surface area (Å²) in [5.41, 5.74) is 1.86. The Hall–Kier alpha value is -2.18. The van der Waals surface area contributed by atoms with Crippen LogP contribution in [0.2, 0.25) is 0 Å². The van der Waals surface area contributed by atoms with E-state index in [0.717, 1.165) is 23.4 Å². The predicted octanol–water partition coefficient (Wildman–Crippen LogP) is 2.37. The lowest BCUT2D eigenvalue weighted by Crippen LogP contribution is -2.41. The van der Waals surface area contributed by atoms with Crippen molar-refractivity contribution in [1.29, 1.82) is 0 Å². The Bertz CT molecular complexity index is 777. The Kier molecular flexibility index (Phi) is 6.73. The van der Waals surface area contributed by atoms with Gasteiger partial charge in [0.25, 0.3) is 0 Å². The minimum absolute atomic E-state index is 0.313. The molecule has 134 valence electrons. The Morgan fingerprint density at radius 3 is 2.16 bits per heavy atom. The topological polar surface area (TPSA) is 66.5 Å². The summed E-state index contributed by atoms with van der Waals surface area (Å²) in [4.78, 5) is 12.6. The number of hydrogen-bond acceptors (Lipinski definition) is 3. The van der Waals surface area contributed by atoms with Crippen LogP contribution in [0.1, 0.15) is 23.6 Å². The molecule has 6 heteroatoms.